The molecular formula is C24H23N5O5. The van der Waals surface area contributed by atoms with Gasteiger partial charge >= 0.3 is 12.1 Å². The molecule has 174 valence electrons. The average Bonchev–Trinajstić information content (AvgIpc) is 3.47. The van der Waals surface area contributed by atoms with Crippen molar-refractivity contribution in [2.75, 3.05) is 11.9 Å². The standard InChI is InChI=1S/C24H23N5O5/c1-13(22(31)32)29(14-10-11-14)21(30)20-25-23(28-27-20)26-24(33)34-12-19-17-8-4-2-6-15(17)16-7-3-5-9-18(16)19/h2-9,13-14,19H,10-12H2,1H3,(H,31,32)(H2,25,26,27,28,33). The monoisotopic (exact) mass is 461 g/mol. The summed E-state index contributed by atoms with van der Waals surface area (Å²) in [5, 5.41) is 18.1. The van der Waals surface area contributed by atoms with Crippen LogP contribution in [0.2, 0.25) is 0 Å². The molecule has 3 aromatic rings. The quantitative estimate of drug-likeness (QED) is 0.491. The molecule has 2 aliphatic rings. The molecule has 1 saturated carbocycles. The molecule has 1 unspecified atom stereocenters. The molecule has 10 heteroatoms. The van der Waals surface area contributed by atoms with Crippen LogP contribution >= 0.6 is 0 Å². The van der Waals surface area contributed by atoms with Crippen molar-refractivity contribution >= 4 is 23.9 Å². The van der Waals surface area contributed by atoms with Crippen LogP contribution in [0.3, 0.4) is 0 Å². The zero-order chi connectivity index (χ0) is 23.8. The molecule has 0 saturated heterocycles. The van der Waals surface area contributed by atoms with Gasteiger partial charge in [0, 0.05) is 12.0 Å². The minimum absolute atomic E-state index is 0.0907. The molecule has 0 aliphatic heterocycles. The molecule has 1 aromatic heterocycles. The third-order valence-corrected chi connectivity index (χ3v) is 6.19. The zero-order valence-electron chi connectivity index (χ0n) is 18.4. The molecule has 0 radical (unpaired) electrons. The molecule has 10 nitrogen and oxygen atoms in total. The average molecular weight is 461 g/mol. The first-order valence-electron chi connectivity index (χ1n) is 11.0. The lowest BCUT2D eigenvalue weighted by Gasteiger charge is -2.25. The van der Waals surface area contributed by atoms with Gasteiger partial charge in [-0.25, -0.2) is 9.59 Å². The molecule has 34 heavy (non-hydrogen) atoms. The molecule has 2 aromatic carbocycles. The van der Waals surface area contributed by atoms with Gasteiger partial charge in [-0.3, -0.25) is 15.2 Å². The third kappa shape index (κ3) is 3.98. The molecule has 2 aliphatic carbocycles. The predicted octanol–water partition coefficient (Wildman–Crippen LogP) is 3.24. The van der Waals surface area contributed by atoms with E-state index in [0.29, 0.717) is 0 Å². The number of carboxylic acids is 1. The smallest absolute Gasteiger partial charge is 0.414 e. The van der Waals surface area contributed by atoms with Crippen molar-refractivity contribution in [2.24, 2.45) is 0 Å². The molecule has 5 rings (SSSR count). The Kier molecular flexibility index (Phi) is 5.48. The van der Waals surface area contributed by atoms with Crippen molar-refractivity contribution < 1.29 is 24.2 Å². The maximum absolute atomic E-state index is 12.8. The number of fused-ring (bicyclic) bond motifs is 3. The molecular weight excluding hydrogens is 438 g/mol. The Morgan fingerprint density at radius 2 is 1.74 bits per heavy atom. The Bertz CT molecular complexity index is 1220. The number of hydrogen-bond donors (Lipinski definition) is 3. The SMILES string of the molecule is CC(C(=O)O)N(C(=O)c1nc(NC(=O)OCC2c3ccccc3-c3ccccc32)n[nH]1)C1CC1. The number of amides is 2. The minimum atomic E-state index is -1.10. The highest BCUT2D eigenvalue weighted by Crippen LogP contribution is 2.44. The van der Waals surface area contributed by atoms with Crippen LogP contribution in [0.1, 0.15) is 47.4 Å². The van der Waals surface area contributed by atoms with E-state index >= 15 is 0 Å². The van der Waals surface area contributed by atoms with E-state index in [1.807, 2.05) is 36.4 Å². The number of benzene rings is 2. The third-order valence-electron chi connectivity index (χ3n) is 6.19. The van der Waals surface area contributed by atoms with Gasteiger partial charge in [-0.2, -0.15) is 4.98 Å². The maximum Gasteiger partial charge on any atom is 0.414 e. The summed E-state index contributed by atoms with van der Waals surface area (Å²) >= 11 is 0. The van der Waals surface area contributed by atoms with Gasteiger partial charge in [-0.05, 0) is 42.0 Å². The summed E-state index contributed by atoms with van der Waals surface area (Å²) < 4.78 is 5.46. The van der Waals surface area contributed by atoms with E-state index in [-0.39, 0.29) is 30.3 Å². The van der Waals surface area contributed by atoms with Gasteiger partial charge in [-0.1, -0.05) is 48.5 Å². The van der Waals surface area contributed by atoms with Crippen molar-refractivity contribution in [1.29, 1.82) is 0 Å². The van der Waals surface area contributed by atoms with Crippen molar-refractivity contribution in [3.8, 4) is 11.1 Å². The lowest BCUT2D eigenvalue weighted by atomic mass is 9.98. The van der Waals surface area contributed by atoms with E-state index in [4.69, 9.17) is 4.74 Å². The fourth-order valence-electron chi connectivity index (χ4n) is 4.39. The van der Waals surface area contributed by atoms with E-state index in [1.54, 1.807) is 0 Å². The van der Waals surface area contributed by atoms with Crippen LogP contribution in [-0.4, -0.2) is 61.8 Å². The highest BCUT2D eigenvalue weighted by Gasteiger charge is 2.40. The van der Waals surface area contributed by atoms with Crippen LogP contribution < -0.4 is 5.32 Å². The van der Waals surface area contributed by atoms with Crippen molar-refractivity contribution in [3.63, 3.8) is 0 Å². The lowest BCUT2D eigenvalue weighted by molar-refractivity contribution is -0.141. The first kappa shape index (κ1) is 21.6. The van der Waals surface area contributed by atoms with Gasteiger partial charge in [0.05, 0.1) is 0 Å². The fourth-order valence-corrected chi connectivity index (χ4v) is 4.39. The highest BCUT2D eigenvalue weighted by molar-refractivity contribution is 5.94. The first-order chi connectivity index (χ1) is 16.4. The maximum atomic E-state index is 12.8. The summed E-state index contributed by atoms with van der Waals surface area (Å²) in [5.41, 5.74) is 4.44. The summed E-state index contributed by atoms with van der Waals surface area (Å²) in [5.74, 6) is -2.04. The molecule has 1 heterocycles. The number of carbonyl (C=O) groups excluding carboxylic acids is 2. The topological polar surface area (TPSA) is 138 Å². The van der Waals surface area contributed by atoms with Crippen LogP contribution in [0.5, 0.6) is 0 Å². The number of carbonyl (C=O) groups is 3. The Morgan fingerprint density at radius 1 is 1.12 bits per heavy atom. The van der Waals surface area contributed by atoms with Crippen LogP contribution in [-0.2, 0) is 9.53 Å². The van der Waals surface area contributed by atoms with Crippen molar-refractivity contribution in [2.45, 2.75) is 37.8 Å². The van der Waals surface area contributed by atoms with Crippen LogP contribution in [0.4, 0.5) is 10.7 Å². The van der Waals surface area contributed by atoms with Crippen molar-refractivity contribution in [3.05, 3.63) is 65.5 Å². The molecule has 2 amide bonds. The van der Waals surface area contributed by atoms with E-state index in [2.05, 4.69) is 32.6 Å². The number of aromatic amines is 1. The summed E-state index contributed by atoms with van der Waals surface area (Å²) in [6.07, 6.45) is 0.725. The molecule has 3 N–H and O–H groups in total. The van der Waals surface area contributed by atoms with Gasteiger partial charge in [0.2, 0.25) is 5.82 Å². The number of ether oxygens (including phenoxy) is 1. The molecule has 0 bridgehead atoms. The van der Waals surface area contributed by atoms with Crippen molar-refractivity contribution in [1.82, 2.24) is 20.1 Å². The summed E-state index contributed by atoms with van der Waals surface area (Å²) in [7, 11) is 0. The van der Waals surface area contributed by atoms with Gasteiger partial charge in [0.15, 0.2) is 0 Å². The number of aliphatic carboxylic acids is 1. The summed E-state index contributed by atoms with van der Waals surface area (Å²) in [4.78, 5) is 41.9. The second-order valence-corrected chi connectivity index (χ2v) is 8.42. The Balaban J connectivity index is 1.24. The number of nitrogens with zero attached hydrogens (tertiary/aromatic N) is 3. The van der Waals surface area contributed by atoms with Gasteiger partial charge in [0.25, 0.3) is 11.9 Å². The number of anilines is 1. The Hall–Kier alpha value is -4.21. The number of hydrogen-bond acceptors (Lipinski definition) is 6. The van der Waals surface area contributed by atoms with Crippen LogP contribution in [0, 0.1) is 0 Å². The normalized spacial score (nSPS) is 15.2. The van der Waals surface area contributed by atoms with Gasteiger partial charge in [0.1, 0.15) is 12.6 Å². The van der Waals surface area contributed by atoms with E-state index in [1.165, 1.54) is 11.8 Å². The number of nitrogens with one attached hydrogen (secondary N) is 2. The number of aromatic nitrogens is 3. The van der Waals surface area contributed by atoms with E-state index in [0.717, 1.165) is 35.1 Å². The number of H-pyrrole nitrogens is 1. The van der Waals surface area contributed by atoms with Gasteiger partial charge < -0.3 is 14.7 Å². The largest absolute Gasteiger partial charge is 0.480 e. The first-order valence-corrected chi connectivity index (χ1v) is 11.0. The van der Waals surface area contributed by atoms with Gasteiger partial charge in [-0.15, -0.1) is 5.10 Å². The number of carboxylic acid groups (broad SMARTS) is 1. The zero-order valence-corrected chi connectivity index (χ0v) is 18.4. The Morgan fingerprint density at radius 3 is 2.32 bits per heavy atom. The highest BCUT2D eigenvalue weighted by atomic mass is 16.5. The summed E-state index contributed by atoms with van der Waals surface area (Å²) in [6, 6.07) is 14.9. The van der Waals surface area contributed by atoms with E-state index in [9.17, 15) is 19.5 Å². The lowest BCUT2D eigenvalue weighted by Crippen LogP contribution is -2.45. The predicted molar refractivity (Wildman–Crippen MR) is 121 cm³/mol. The summed E-state index contributed by atoms with van der Waals surface area (Å²) in [6.45, 7) is 1.58. The second kappa shape index (κ2) is 8.62. The molecule has 0 spiro atoms. The molecule has 1 fully saturated rings. The molecule has 1 atom stereocenters. The fraction of sp³-hybridized carbons (Fsp3) is 0.292. The van der Waals surface area contributed by atoms with Crippen LogP contribution in [0.25, 0.3) is 11.1 Å². The van der Waals surface area contributed by atoms with E-state index < -0.39 is 24.0 Å². The minimum Gasteiger partial charge on any atom is -0.480 e. The van der Waals surface area contributed by atoms with Crippen LogP contribution in [0.15, 0.2) is 48.5 Å². The Labute approximate surface area is 195 Å². The second-order valence-electron chi connectivity index (χ2n) is 8.42. The number of rotatable bonds is 7.